The van der Waals surface area contributed by atoms with Crippen LogP contribution in [0.15, 0.2) is 0 Å². The van der Waals surface area contributed by atoms with Crippen LogP contribution in [0.1, 0.15) is 20.8 Å². The van der Waals surface area contributed by atoms with Crippen LogP contribution in [-0.4, -0.2) is 35.7 Å². The number of hydrogen-bond acceptors (Lipinski definition) is 4. The number of aliphatic hydroxyl groups is 1. The van der Waals surface area contributed by atoms with Gasteiger partial charge in [0, 0.05) is 0 Å². The highest BCUT2D eigenvalue weighted by Gasteiger charge is 2.14. The van der Waals surface area contributed by atoms with Crippen molar-refractivity contribution in [3.8, 4) is 0 Å². The van der Waals surface area contributed by atoms with Crippen molar-refractivity contribution < 1.29 is 14.6 Å². The second-order valence-corrected chi connectivity index (χ2v) is 3.54. The Morgan fingerprint density at radius 2 is 2.17 bits per heavy atom. The Labute approximate surface area is 72.7 Å². The Hall–Kier alpha value is -0.450. The molecule has 0 aromatic rings. The molecule has 3 N–H and O–H groups in total. The molecule has 0 aromatic heterocycles. The lowest BCUT2D eigenvalue weighted by Gasteiger charge is -2.18. The van der Waals surface area contributed by atoms with Crippen molar-refractivity contribution in [1.29, 1.82) is 0 Å². The number of hydrogen-bond donors (Lipinski definition) is 2. The van der Waals surface area contributed by atoms with E-state index in [4.69, 9.17) is 10.5 Å². The highest BCUT2D eigenvalue weighted by molar-refractivity contribution is 5.81. The van der Waals surface area contributed by atoms with E-state index in [-0.39, 0.29) is 19.0 Å². The lowest BCUT2D eigenvalue weighted by atomic mass is 10.2. The molecule has 0 aliphatic rings. The number of ketones is 1. The molecule has 0 unspecified atom stereocenters. The molecule has 0 bridgehead atoms. The van der Waals surface area contributed by atoms with Crippen LogP contribution >= 0.6 is 0 Å². The predicted octanol–water partition coefficient (Wildman–Crippen LogP) is -0.310. The van der Waals surface area contributed by atoms with Crippen molar-refractivity contribution >= 4 is 5.78 Å². The zero-order valence-corrected chi connectivity index (χ0v) is 7.83. The smallest absolute Gasteiger partial charge is 0.148 e. The van der Waals surface area contributed by atoms with Gasteiger partial charge in [0.1, 0.15) is 5.78 Å². The van der Waals surface area contributed by atoms with Crippen molar-refractivity contribution in [2.24, 2.45) is 5.73 Å². The molecule has 0 saturated heterocycles. The van der Waals surface area contributed by atoms with E-state index in [1.54, 1.807) is 13.8 Å². The van der Waals surface area contributed by atoms with Crippen LogP contribution in [0.5, 0.6) is 0 Å². The number of ether oxygens (including phenoxy) is 1. The molecule has 4 heteroatoms. The fourth-order valence-corrected chi connectivity index (χ4v) is 0.553. The highest BCUT2D eigenvalue weighted by atomic mass is 16.5. The van der Waals surface area contributed by atoms with Crippen molar-refractivity contribution in [2.45, 2.75) is 32.4 Å². The van der Waals surface area contributed by atoms with E-state index in [9.17, 15) is 9.90 Å². The molecule has 1 atom stereocenters. The van der Waals surface area contributed by atoms with Gasteiger partial charge in [-0.05, 0) is 20.8 Å². The maximum Gasteiger partial charge on any atom is 0.148 e. The van der Waals surface area contributed by atoms with Crippen molar-refractivity contribution in [2.75, 3.05) is 13.2 Å². The Bertz CT molecular complexity index is 151. The summed E-state index contributed by atoms with van der Waals surface area (Å²) in [5.41, 5.74) is 4.53. The summed E-state index contributed by atoms with van der Waals surface area (Å²) in [6, 6.07) is -0.577. The molecule has 12 heavy (non-hydrogen) atoms. The lowest BCUT2D eigenvalue weighted by Crippen LogP contribution is -2.36. The summed E-state index contributed by atoms with van der Waals surface area (Å²) >= 11 is 0. The average Bonchev–Trinajstić information content (AvgIpc) is 1.84. The van der Waals surface area contributed by atoms with E-state index in [2.05, 4.69) is 0 Å². The normalized spacial score (nSPS) is 14.4. The maximum atomic E-state index is 10.6. The molecule has 0 aliphatic carbocycles. The summed E-state index contributed by atoms with van der Waals surface area (Å²) < 4.78 is 5.03. The zero-order chi connectivity index (χ0) is 9.78. The molecule has 0 aliphatic heterocycles. The highest BCUT2D eigenvalue weighted by Crippen LogP contribution is 2.00. The van der Waals surface area contributed by atoms with Crippen LogP contribution in [0.3, 0.4) is 0 Å². The third kappa shape index (κ3) is 6.27. The van der Waals surface area contributed by atoms with Crippen LogP contribution in [0.2, 0.25) is 0 Å². The monoisotopic (exact) mass is 175 g/mol. The second kappa shape index (κ2) is 4.54. The molecule has 0 heterocycles. The van der Waals surface area contributed by atoms with E-state index in [1.807, 2.05) is 0 Å². The summed E-state index contributed by atoms with van der Waals surface area (Å²) in [7, 11) is 0. The van der Waals surface area contributed by atoms with Gasteiger partial charge in [-0.15, -0.1) is 0 Å². The number of carbonyl (C=O) groups is 1. The lowest BCUT2D eigenvalue weighted by molar-refractivity contribution is -0.120. The van der Waals surface area contributed by atoms with E-state index < -0.39 is 11.6 Å². The van der Waals surface area contributed by atoms with Crippen molar-refractivity contribution in [1.82, 2.24) is 0 Å². The fourth-order valence-electron chi connectivity index (χ4n) is 0.553. The first kappa shape index (κ1) is 11.6. The molecular weight excluding hydrogens is 158 g/mol. The third-order valence-corrected chi connectivity index (χ3v) is 1.27. The summed E-state index contributed by atoms with van der Waals surface area (Å²) in [4.78, 5) is 10.6. The first-order valence-electron chi connectivity index (χ1n) is 3.89. The van der Waals surface area contributed by atoms with Crippen LogP contribution in [0.4, 0.5) is 0 Å². The minimum atomic E-state index is -0.865. The molecule has 0 rings (SSSR count). The average molecular weight is 175 g/mol. The van der Waals surface area contributed by atoms with Gasteiger partial charge in [-0.2, -0.15) is 0 Å². The minimum Gasteiger partial charge on any atom is -0.388 e. The standard InChI is InChI=1S/C8H17NO3/c1-6(10)7(9)4-12-5-8(2,3)11/h7,11H,4-5,9H2,1-3H3/t7-/m0/s1. The van der Waals surface area contributed by atoms with E-state index >= 15 is 0 Å². The van der Waals surface area contributed by atoms with Gasteiger partial charge < -0.3 is 15.6 Å². The molecule has 0 spiro atoms. The number of rotatable bonds is 5. The quantitative estimate of drug-likeness (QED) is 0.601. The third-order valence-electron chi connectivity index (χ3n) is 1.27. The van der Waals surface area contributed by atoms with E-state index in [0.29, 0.717) is 0 Å². The largest absolute Gasteiger partial charge is 0.388 e. The van der Waals surface area contributed by atoms with Gasteiger partial charge >= 0.3 is 0 Å². The van der Waals surface area contributed by atoms with E-state index in [0.717, 1.165) is 0 Å². The fraction of sp³-hybridized carbons (Fsp3) is 0.875. The van der Waals surface area contributed by atoms with Gasteiger partial charge in [0.15, 0.2) is 0 Å². The predicted molar refractivity (Wildman–Crippen MR) is 45.8 cm³/mol. The van der Waals surface area contributed by atoms with Crippen LogP contribution in [0, 0.1) is 0 Å². The first-order valence-corrected chi connectivity index (χ1v) is 3.89. The maximum absolute atomic E-state index is 10.6. The Balaban J connectivity index is 3.51. The van der Waals surface area contributed by atoms with Crippen LogP contribution in [0.25, 0.3) is 0 Å². The van der Waals surface area contributed by atoms with Crippen LogP contribution in [-0.2, 0) is 9.53 Å². The summed E-state index contributed by atoms with van der Waals surface area (Å²) in [5.74, 6) is -0.106. The zero-order valence-electron chi connectivity index (χ0n) is 7.83. The Morgan fingerprint density at radius 1 is 1.67 bits per heavy atom. The van der Waals surface area contributed by atoms with Crippen molar-refractivity contribution in [3.05, 3.63) is 0 Å². The van der Waals surface area contributed by atoms with Gasteiger partial charge in [-0.1, -0.05) is 0 Å². The number of nitrogens with two attached hydrogens (primary N) is 1. The SMILES string of the molecule is CC(=O)[C@@H](N)COCC(C)(C)O. The van der Waals surface area contributed by atoms with Gasteiger partial charge in [0.25, 0.3) is 0 Å². The number of Topliss-reactive ketones (excluding diaryl/α,β-unsaturated/α-hetero) is 1. The van der Waals surface area contributed by atoms with Gasteiger partial charge in [0.2, 0.25) is 0 Å². The minimum absolute atomic E-state index is 0.106. The summed E-state index contributed by atoms with van der Waals surface area (Å²) in [6.45, 7) is 5.03. The molecule has 0 aromatic carbocycles. The molecule has 0 fully saturated rings. The molecule has 0 radical (unpaired) electrons. The topological polar surface area (TPSA) is 72.6 Å². The molecule has 4 nitrogen and oxygen atoms in total. The number of carbonyl (C=O) groups excluding carboxylic acids is 1. The Morgan fingerprint density at radius 3 is 2.50 bits per heavy atom. The molecule has 72 valence electrons. The molecule has 0 amide bonds. The van der Waals surface area contributed by atoms with Crippen molar-refractivity contribution in [3.63, 3.8) is 0 Å². The van der Waals surface area contributed by atoms with Gasteiger partial charge in [-0.3, -0.25) is 4.79 Å². The summed E-state index contributed by atoms with van der Waals surface area (Å²) in [6.07, 6.45) is 0. The summed E-state index contributed by atoms with van der Waals surface area (Å²) in [5, 5.41) is 9.22. The second-order valence-electron chi connectivity index (χ2n) is 3.54. The van der Waals surface area contributed by atoms with Gasteiger partial charge in [0.05, 0.1) is 24.9 Å². The first-order chi connectivity index (χ1) is 5.33. The van der Waals surface area contributed by atoms with E-state index in [1.165, 1.54) is 6.92 Å². The molecule has 0 saturated carbocycles. The molecular formula is C8H17NO3. The van der Waals surface area contributed by atoms with Crippen LogP contribution < -0.4 is 5.73 Å². The Kier molecular flexibility index (Phi) is 4.37. The van der Waals surface area contributed by atoms with Gasteiger partial charge in [-0.25, -0.2) is 0 Å².